The maximum absolute atomic E-state index is 5.95. The van der Waals surface area contributed by atoms with Crippen molar-refractivity contribution in [2.45, 2.75) is 19.9 Å². The second-order valence-corrected chi connectivity index (χ2v) is 4.98. The Morgan fingerprint density at radius 1 is 1.00 bits per heavy atom. The van der Waals surface area contributed by atoms with E-state index >= 15 is 0 Å². The smallest absolute Gasteiger partial charge is 0.0408 e. The third-order valence-electron chi connectivity index (χ3n) is 2.93. The van der Waals surface area contributed by atoms with Crippen molar-refractivity contribution < 1.29 is 0 Å². The maximum Gasteiger partial charge on any atom is 0.0408 e. The van der Waals surface area contributed by atoms with E-state index in [4.69, 9.17) is 11.6 Å². The van der Waals surface area contributed by atoms with Crippen molar-refractivity contribution in [3.05, 3.63) is 70.2 Å². The van der Waals surface area contributed by atoms with Gasteiger partial charge in [0.2, 0.25) is 0 Å². The van der Waals surface area contributed by atoms with E-state index in [2.05, 4.69) is 42.6 Å². The molecule has 0 saturated heterocycles. The minimum Gasteiger partial charge on any atom is -0.312 e. The van der Waals surface area contributed by atoms with Gasteiger partial charge in [0.25, 0.3) is 0 Å². The van der Waals surface area contributed by atoms with E-state index in [1.165, 1.54) is 16.7 Å². The first-order valence-corrected chi connectivity index (χ1v) is 6.62. The largest absolute Gasteiger partial charge is 0.312 e. The molecule has 0 aliphatic carbocycles. The van der Waals surface area contributed by atoms with Crippen LogP contribution in [0.3, 0.4) is 0 Å². The quantitative estimate of drug-likeness (QED) is 0.801. The van der Waals surface area contributed by atoms with E-state index in [-0.39, 0.29) is 0 Å². The molecule has 0 aliphatic heterocycles. The molecule has 0 amide bonds. The predicted molar refractivity (Wildman–Crippen MR) is 78.0 cm³/mol. The summed E-state index contributed by atoms with van der Waals surface area (Å²) in [5.41, 5.74) is 3.91. The second-order valence-electron chi connectivity index (χ2n) is 4.54. The fourth-order valence-electron chi connectivity index (χ4n) is 1.86. The van der Waals surface area contributed by atoms with Crippen molar-refractivity contribution in [3.63, 3.8) is 0 Å². The third-order valence-corrected chi connectivity index (χ3v) is 3.16. The van der Waals surface area contributed by atoms with Gasteiger partial charge < -0.3 is 5.32 Å². The van der Waals surface area contributed by atoms with Crippen LogP contribution in [0.5, 0.6) is 0 Å². The highest BCUT2D eigenvalue weighted by molar-refractivity contribution is 6.30. The summed E-state index contributed by atoms with van der Waals surface area (Å²) in [6.45, 7) is 3.99. The summed E-state index contributed by atoms with van der Waals surface area (Å²) in [6.07, 6.45) is 1.01. The van der Waals surface area contributed by atoms with Crippen LogP contribution < -0.4 is 5.32 Å². The van der Waals surface area contributed by atoms with Gasteiger partial charge in [0.15, 0.2) is 0 Å². The van der Waals surface area contributed by atoms with E-state index in [0.29, 0.717) is 0 Å². The zero-order chi connectivity index (χ0) is 12.8. The highest BCUT2D eigenvalue weighted by Gasteiger charge is 1.95. The summed E-state index contributed by atoms with van der Waals surface area (Å²) >= 11 is 5.95. The first kappa shape index (κ1) is 13.1. The van der Waals surface area contributed by atoms with Crippen LogP contribution in [-0.4, -0.2) is 6.54 Å². The van der Waals surface area contributed by atoms with Crippen molar-refractivity contribution in [3.8, 4) is 0 Å². The van der Waals surface area contributed by atoms with E-state index in [0.717, 1.165) is 24.5 Å². The molecule has 2 aromatic carbocycles. The lowest BCUT2D eigenvalue weighted by Gasteiger charge is -2.06. The number of rotatable bonds is 5. The molecule has 0 fully saturated rings. The highest BCUT2D eigenvalue weighted by Crippen LogP contribution is 2.10. The Balaban J connectivity index is 1.74. The molecule has 0 radical (unpaired) electrons. The molecule has 0 aliphatic rings. The monoisotopic (exact) mass is 259 g/mol. The van der Waals surface area contributed by atoms with Crippen LogP contribution in [0.2, 0.25) is 5.02 Å². The minimum atomic E-state index is 0.811. The van der Waals surface area contributed by atoms with Crippen molar-refractivity contribution >= 4 is 11.6 Å². The van der Waals surface area contributed by atoms with Crippen LogP contribution in [0.25, 0.3) is 0 Å². The number of halogens is 1. The zero-order valence-electron chi connectivity index (χ0n) is 10.6. The minimum absolute atomic E-state index is 0.811. The van der Waals surface area contributed by atoms with Gasteiger partial charge in [-0.05, 0) is 43.1 Å². The lowest BCUT2D eigenvalue weighted by atomic mass is 10.1. The van der Waals surface area contributed by atoms with Gasteiger partial charge in [-0.2, -0.15) is 0 Å². The van der Waals surface area contributed by atoms with Crippen LogP contribution in [0.4, 0.5) is 0 Å². The lowest BCUT2D eigenvalue weighted by molar-refractivity contribution is 0.687. The van der Waals surface area contributed by atoms with Crippen LogP contribution in [-0.2, 0) is 13.0 Å². The lowest BCUT2D eigenvalue weighted by Crippen LogP contribution is -2.16. The maximum atomic E-state index is 5.95. The molecule has 2 rings (SSSR count). The molecule has 0 heterocycles. The highest BCUT2D eigenvalue weighted by atomic mass is 35.5. The van der Waals surface area contributed by atoms with Crippen LogP contribution in [0.15, 0.2) is 48.5 Å². The number of hydrogen-bond acceptors (Lipinski definition) is 1. The van der Waals surface area contributed by atoms with Crippen molar-refractivity contribution in [1.29, 1.82) is 0 Å². The Hall–Kier alpha value is -1.31. The summed E-state index contributed by atoms with van der Waals surface area (Å²) in [4.78, 5) is 0. The Kier molecular flexibility index (Phi) is 4.80. The van der Waals surface area contributed by atoms with Gasteiger partial charge >= 0.3 is 0 Å². The normalized spacial score (nSPS) is 10.6. The molecule has 1 nitrogen and oxygen atoms in total. The van der Waals surface area contributed by atoms with Crippen molar-refractivity contribution in [2.24, 2.45) is 0 Å². The fraction of sp³-hybridized carbons (Fsp3) is 0.250. The van der Waals surface area contributed by atoms with E-state index in [9.17, 15) is 0 Å². The molecule has 2 aromatic rings. The predicted octanol–water partition coefficient (Wildman–Crippen LogP) is 3.98. The Morgan fingerprint density at radius 2 is 1.78 bits per heavy atom. The van der Waals surface area contributed by atoms with Crippen molar-refractivity contribution in [1.82, 2.24) is 5.32 Å². The Labute approximate surface area is 114 Å². The first-order valence-electron chi connectivity index (χ1n) is 6.25. The first-order chi connectivity index (χ1) is 8.74. The van der Waals surface area contributed by atoms with Crippen LogP contribution in [0.1, 0.15) is 16.7 Å². The van der Waals surface area contributed by atoms with Crippen LogP contribution >= 0.6 is 11.6 Å². The van der Waals surface area contributed by atoms with Crippen molar-refractivity contribution in [2.75, 3.05) is 6.54 Å². The number of nitrogens with one attached hydrogen (secondary N) is 1. The molecule has 94 valence electrons. The van der Waals surface area contributed by atoms with Gasteiger partial charge in [0.1, 0.15) is 0 Å². The average Bonchev–Trinajstić information content (AvgIpc) is 2.37. The molecule has 18 heavy (non-hydrogen) atoms. The van der Waals surface area contributed by atoms with Gasteiger partial charge in [-0.3, -0.25) is 0 Å². The Bertz CT molecular complexity index is 491. The van der Waals surface area contributed by atoms with Gasteiger partial charge in [-0.25, -0.2) is 0 Å². The van der Waals surface area contributed by atoms with Gasteiger partial charge in [-0.1, -0.05) is 53.6 Å². The molecule has 0 spiro atoms. The average molecular weight is 260 g/mol. The molecule has 0 aromatic heterocycles. The van der Waals surface area contributed by atoms with Crippen LogP contribution in [0, 0.1) is 6.92 Å². The second kappa shape index (κ2) is 6.58. The van der Waals surface area contributed by atoms with Gasteiger partial charge in [-0.15, -0.1) is 0 Å². The standard InChI is InChI=1S/C16H18ClN/c1-13-5-7-15(8-6-13)12-18-10-9-14-3-2-4-16(17)11-14/h2-8,11,18H,9-10,12H2,1H3. The van der Waals surface area contributed by atoms with Gasteiger partial charge in [0, 0.05) is 11.6 Å². The summed E-state index contributed by atoms with van der Waals surface area (Å²) in [5.74, 6) is 0. The fourth-order valence-corrected chi connectivity index (χ4v) is 2.08. The molecule has 0 bridgehead atoms. The van der Waals surface area contributed by atoms with E-state index in [1.54, 1.807) is 0 Å². The Morgan fingerprint density at radius 3 is 2.50 bits per heavy atom. The zero-order valence-corrected chi connectivity index (χ0v) is 11.4. The summed E-state index contributed by atoms with van der Waals surface area (Å²) in [7, 11) is 0. The molecule has 0 unspecified atom stereocenters. The SMILES string of the molecule is Cc1ccc(CNCCc2cccc(Cl)c2)cc1. The molecule has 2 heteroatoms. The van der Waals surface area contributed by atoms with Gasteiger partial charge in [0.05, 0.1) is 0 Å². The summed E-state index contributed by atoms with van der Waals surface area (Å²) < 4.78 is 0. The number of benzene rings is 2. The molecule has 1 N–H and O–H groups in total. The summed E-state index contributed by atoms with van der Waals surface area (Å²) in [5, 5.41) is 4.26. The molecule has 0 saturated carbocycles. The molecular formula is C16H18ClN. The summed E-state index contributed by atoms with van der Waals surface area (Å²) in [6, 6.07) is 16.7. The van der Waals surface area contributed by atoms with E-state index in [1.807, 2.05) is 18.2 Å². The third kappa shape index (κ3) is 4.17. The molecule has 0 atom stereocenters. The number of hydrogen-bond donors (Lipinski definition) is 1. The molecular weight excluding hydrogens is 242 g/mol. The van der Waals surface area contributed by atoms with E-state index < -0.39 is 0 Å². The topological polar surface area (TPSA) is 12.0 Å². The number of aryl methyl sites for hydroxylation is 1.